The zero-order valence-electron chi connectivity index (χ0n) is 15.6. The number of nitrogens with one attached hydrogen (secondary N) is 1. The molecule has 0 saturated carbocycles. The van der Waals surface area contributed by atoms with Gasteiger partial charge in [0.25, 0.3) is 5.91 Å². The molecule has 1 fully saturated rings. The van der Waals surface area contributed by atoms with Crippen LogP contribution in [0.25, 0.3) is 11.0 Å². The van der Waals surface area contributed by atoms with Gasteiger partial charge < -0.3 is 19.7 Å². The predicted molar refractivity (Wildman–Crippen MR) is 104 cm³/mol. The summed E-state index contributed by atoms with van der Waals surface area (Å²) in [5.41, 5.74) is 1.93. The maximum atomic E-state index is 14.4. The van der Waals surface area contributed by atoms with Gasteiger partial charge in [0.2, 0.25) is 5.76 Å². The fourth-order valence-corrected chi connectivity index (χ4v) is 3.66. The van der Waals surface area contributed by atoms with Crippen LogP contribution in [0.5, 0.6) is 0 Å². The van der Waals surface area contributed by atoms with Crippen LogP contribution < -0.4 is 5.32 Å². The van der Waals surface area contributed by atoms with Crippen molar-refractivity contribution in [2.24, 2.45) is 0 Å². The van der Waals surface area contributed by atoms with Crippen molar-refractivity contribution >= 4 is 28.3 Å². The molecule has 0 bridgehead atoms. The van der Waals surface area contributed by atoms with Crippen LogP contribution in [0.15, 0.2) is 41.1 Å². The largest absolute Gasteiger partial charge is 0.448 e. The number of carbonyl (C=O) groups is 1. The zero-order chi connectivity index (χ0) is 19.7. The maximum absolute atomic E-state index is 14.4. The van der Waals surface area contributed by atoms with Crippen molar-refractivity contribution in [3.05, 3.63) is 53.8 Å². The Hall–Kier alpha value is -2.93. The van der Waals surface area contributed by atoms with E-state index in [4.69, 9.17) is 4.42 Å². The van der Waals surface area contributed by atoms with E-state index >= 15 is 0 Å². The van der Waals surface area contributed by atoms with E-state index in [1.807, 2.05) is 6.92 Å². The minimum absolute atomic E-state index is 0.0944. The first kappa shape index (κ1) is 18.4. The number of amides is 1. The molecule has 6 nitrogen and oxygen atoms in total. The molecule has 1 unspecified atom stereocenters. The quantitative estimate of drug-likeness (QED) is 0.712. The Morgan fingerprint density at radius 3 is 3.04 bits per heavy atom. The van der Waals surface area contributed by atoms with Gasteiger partial charge in [0.05, 0.1) is 23.7 Å². The fourth-order valence-electron chi connectivity index (χ4n) is 3.66. The lowest BCUT2D eigenvalue weighted by atomic mass is 10.0. The molecule has 1 atom stereocenters. The number of piperidine rings is 1. The van der Waals surface area contributed by atoms with Gasteiger partial charge in [-0.05, 0) is 49.9 Å². The number of halogens is 1. The number of hydrogen-bond donors (Lipinski definition) is 2. The number of aromatic nitrogens is 1. The van der Waals surface area contributed by atoms with E-state index in [0.717, 1.165) is 24.8 Å². The second-order valence-electron chi connectivity index (χ2n) is 7.12. The van der Waals surface area contributed by atoms with Gasteiger partial charge in [0.1, 0.15) is 17.1 Å². The SMILES string of the molecule is Cc1ccc(Nc2c(C(=O)N3CCCCC3CO)oc3ccncc23)c(F)c1. The molecule has 3 aromatic rings. The molecular weight excluding hydrogens is 361 g/mol. The van der Waals surface area contributed by atoms with Crippen LogP contribution in [0.4, 0.5) is 15.8 Å². The number of fused-ring (bicyclic) bond motifs is 1. The minimum Gasteiger partial charge on any atom is -0.448 e. The first-order valence-electron chi connectivity index (χ1n) is 9.40. The van der Waals surface area contributed by atoms with Gasteiger partial charge in [0, 0.05) is 18.9 Å². The molecule has 1 aliphatic rings. The first-order chi connectivity index (χ1) is 13.6. The summed E-state index contributed by atoms with van der Waals surface area (Å²) in [6, 6.07) is 6.28. The summed E-state index contributed by atoms with van der Waals surface area (Å²) in [7, 11) is 0. The number of likely N-dealkylation sites (tertiary alicyclic amines) is 1. The highest BCUT2D eigenvalue weighted by Gasteiger charge is 2.32. The fraction of sp³-hybridized carbons (Fsp3) is 0.333. The lowest BCUT2D eigenvalue weighted by Gasteiger charge is -2.34. The van der Waals surface area contributed by atoms with Crippen molar-refractivity contribution in [1.82, 2.24) is 9.88 Å². The lowest BCUT2D eigenvalue weighted by molar-refractivity contribution is 0.0476. The Balaban J connectivity index is 1.77. The highest BCUT2D eigenvalue weighted by Crippen LogP contribution is 2.35. The molecule has 7 heteroatoms. The predicted octanol–water partition coefficient (Wildman–Crippen LogP) is 4.01. The summed E-state index contributed by atoms with van der Waals surface area (Å²) in [6.07, 6.45) is 5.76. The third-order valence-electron chi connectivity index (χ3n) is 5.17. The van der Waals surface area contributed by atoms with Crippen LogP contribution in [0.3, 0.4) is 0 Å². The summed E-state index contributed by atoms with van der Waals surface area (Å²) in [4.78, 5) is 19.0. The van der Waals surface area contributed by atoms with Crippen LogP contribution in [-0.4, -0.2) is 40.1 Å². The summed E-state index contributed by atoms with van der Waals surface area (Å²) >= 11 is 0. The average molecular weight is 383 g/mol. The number of hydrogen-bond acceptors (Lipinski definition) is 5. The van der Waals surface area contributed by atoms with E-state index < -0.39 is 5.82 Å². The standard InChI is InChI=1S/C21H22FN3O3/c1-13-5-6-17(16(22)10-13)24-19-15-11-23-8-7-18(15)28-20(19)21(27)25-9-3-2-4-14(25)12-26/h5-8,10-11,14,24,26H,2-4,9,12H2,1H3. The average Bonchev–Trinajstić information content (AvgIpc) is 3.08. The smallest absolute Gasteiger partial charge is 0.292 e. The molecule has 1 aromatic carbocycles. The molecule has 3 heterocycles. The second kappa shape index (κ2) is 7.59. The van der Waals surface area contributed by atoms with E-state index in [-0.39, 0.29) is 30.0 Å². The van der Waals surface area contributed by atoms with Gasteiger partial charge in [-0.1, -0.05) is 6.07 Å². The highest BCUT2D eigenvalue weighted by atomic mass is 19.1. The van der Waals surface area contributed by atoms with Crippen LogP contribution >= 0.6 is 0 Å². The number of nitrogens with zero attached hydrogens (tertiary/aromatic N) is 2. The minimum atomic E-state index is -0.414. The number of rotatable bonds is 4. The number of aliphatic hydroxyl groups is 1. The third-order valence-corrected chi connectivity index (χ3v) is 5.17. The number of carbonyl (C=O) groups excluding carboxylic acids is 1. The van der Waals surface area contributed by atoms with Crippen molar-refractivity contribution in [3.63, 3.8) is 0 Å². The Labute approximate surface area is 162 Å². The van der Waals surface area contributed by atoms with Gasteiger partial charge in [-0.3, -0.25) is 9.78 Å². The van der Waals surface area contributed by atoms with Crippen molar-refractivity contribution < 1.29 is 18.7 Å². The summed E-state index contributed by atoms with van der Waals surface area (Å²) in [5, 5.41) is 13.3. The van der Waals surface area contributed by atoms with Crippen LogP contribution in [0.2, 0.25) is 0 Å². The van der Waals surface area contributed by atoms with Gasteiger partial charge in [-0.2, -0.15) is 0 Å². The van der Waals surface area contributed by atoms with Gasteiger partial charge >= 0.3 is 0 Å². The van der Waals surface area contributed by atoms with E-state index in [9.17, 15) is 14.3 Å². The number of benzene rings is 1. The number of furan rings is 1. The molecule has 1 aliphatic heterocycles. The van der Waals surface area contributed by atoms with Crippen molar-refractivity contribution in [2.45, 2.75) is 32.2 Å². The third kappa shape index (κ3) is 3.33. The molecule has 1 saturated heterocycles. The summed E-state index contributed by atoms with van der Waals surface area (Å²) < 4.78 is 20.3. The normalized spacial score (nSPS) is 17.1. The van der Waals surface area contributed by atoms with Crippen molar-refractivity contribution in [1.29, 1.82) is 0 Å². The van der Waals surface area contributed by atoms with Crippen LogP contribution in [0.1, 0.15) is 35.4 Å². The number of anilines is 2. The lowest BCUT2D eigenvalue weighted by Crippen LogP contribution is -2.45. The van der Waals surface area contributed by atoms with E-state index in [1.165, 1.54) is 6.07 Å². The Morgan fingerprint density at radius 2 is 2.25 bits per heavy atom. The molecule has 2 N–H and O–H groups in total. The first-order valence-corrected chi connectivity index (χ1v) is 9.40. The molecule has 0 radical (unpaired) electrons. The maximum Gasteiger partial charge on any atom is 0.292 e. The summed E-state index contributed by atoms with van der Waals surface area (Å²) in [5.74, 6) is -0.629. The van der Waals surface area contributed by atoms with E-state index in [2.05, 4.69) is 10.3 Å². The summed E-state index contributed by atoms with van der Waals surface area (Å²) in [6.45, 7) is 2.27. The molecule has 0 spiro atoms. The Kier molecular flexibility index (Phi) is 5.00. The molecule has 146 valence electrons. The molecule has 4 rings (SSSR count). The number of pyridine rings is 1. The van der Waals surface area contributed by atoms with Crippen LogP contribution in [0, 0.1) is 12.7 Å². The molecular formula is C21H22FN3O3. The Morgan fingerprint density at radius 1 is 1.39 bits per heavy atom. The number of aryl methyl sites for hydroxylation is 1. The molecule has 1 amide bonds. The van der Waals surface area contributed by atoms with Gasteiger partial charge in [0.15, 0.2) is 0 Å². The van der Waals surface area contributed by atoms with Crippen LogP contribution in [-0.2, 0) is 0 Å². The van der Waals surface area contributed by atoms with Gasteiger partial charge in [-0.25, -0.2) is 4.39 Å². The second-order valence-corrected chi connectivity index (χ2v) is 7.12. The topological polar surface area (TPSA) is 78.6 Å². The Bertz CT molecular complexity index is 1020. The van der Waals surface area contributed by atoms with Crippen molar-refractivity contribution in [2.75, 3.05) is 18.5 Å². The molecule has 2 aromatic heterocycles. The molecule has 28 heavy (non-hydrogen) atoms. The van der Waals surface area contributed by atoms with E-state index in [1.54, 1.807) is 35.5 Å². The number of aliphatic hydroxyl groups excluding tert-OH is 1. The van der Waals surface area contributed by atoms with Crippen molar-refractivity contribution in [3.8, 4) is 0 Å². The highest BCUT2D eigenvalue weighted by molar-refractivity contribution is 6.07. The molecule has 0 aliphatic carbocycles. The van der Waals surface area contributed by atoms with Gasteiger partial charge in [-0.15, -0.1) is 0 Å². The monoisotopic (exact) mass is 383 g/mol. The zero-order valence-corrected chi connectivity index (χ0v) is 15.6. The van der Waals surface area contributed by atoms with E-state index in [0.29, 0.717) is 23.2 Å².